The van der Waals surface area contributed by atoms with Crippen molar-refractivity contribution in [3.63, 3.8) is 0 Å². The maximum absolute atomic E-state index is 12.4. The van der Waals surface area contributed by atoms with Gasteiger partial charge in [0.2, 0.25) is 13.3 Å². The highest BCUT2D eigenvalue weighted by atomic mass is 31.2. The smallest absolute Gasteiger partial charge is 0.253 e. The molecule has 30 heavy (non-hydrogen) atoms. The zero-order valence-corrected chi connectivity index (χ0v) is 18.8. The van der Waals surface area contributed by atoms with Gasteiger partial charge in [0.15, 0.2) is 0 Å². The minimum absolute atomic E-state index is 0.0529. The van der Waals surface area contributed by atoms with Gasteiger partial charge in [-0.25, -0.2) is 0 Å². The maximum atomic E-state index is 12.4. The molecule has 2 rings (SSSR count). The van der Waals surface area contributed by atoms with Crippen molar-refractivity contribution in [3.8, 4) is 0 Å². The monoisotopic (exact) mass is 435 g/mol. The Morgan fingerprint density at radius 3 is 2.70 bits per heavy atom. The van der Waals surface area contributed by atoms with E-state index in [0.717, 1.165) is 18.5 Å². The van der Waals surface area contributed by atoms with Gasteiger partial charge in [0, 0.05) is 43.2 Å². The number of carbonyl (C=O) groups is 2. The Morgan fingerprint density at radius 1 is 1.20 bits per heavy atom. The average Bonchev–Trinajstić information content (AvgIpc) is 3.21. The van der Waals surface area contributed by atoms with Gasteiger partial charge in [0.05, 0.1) is 5.56 Å². The first-order chi connectivity index (χ1) is 14.4. The van der Waals surface area contributed by atoms with E-state index in [9.17, 15) is 19.0 Å². The molecule has 2 atom stereocenters. The summed E-state index contributed by atoms with van der Waals surface area (Å²) in [6, 6.07) is 7.22. The van der Waals surface area contributed by atoms with Crippen molar-refractivity contribution in [2.45, 2.75) is 57.9 Å². The molecular formula is C22H34N3O4P. The fraction of sp³-hybridized carbons (Fsp3) is 0.545. The number of amides is 2. The summed E-state index contributed by atoms with van der Waals surface area (Å²) in [6.07, 6.45) is 6.59. The van der Waals surface area contributed by atoms with E-state index in [0.29, 0.717) is 55.7 Å². The van der Waals surface area contributed by atoms with Crippen molar-refractivity contribution in [2.75, 3.05) is 25.1 Å². The lowest BCUT2D eigenvalue weighted by Gasteiger charge is -2.16. The molecule has 2 amide bonds. The zero-order chi connectivity index (χ0) is 22.0. The Balaban J connectivity index is 1.63. The minimum atomic E-state index is -3.24. The Morgan fingerprint density at radius 2 is 1.97 bits per heavy atom. The van der Waals surface area contributed by atoms with Gasteiger partial charge in [-0.3, -0.25) is 14.2 Å². The number of hydrogen-bond donors (Lipinski definition) is 4. The molecule has 0 heterocycles. The fourth-order valence-electron chi connectivity index (χ4n) is 3.52. The summed E-state index contributed by atoms with van der Waals surface area (Å²) in [5.74, 6) is -0.187. The predicted octanol–water partition coefficient (Wildman–Crippen LogP) is 3.86. The molecule has 166 valence electrons. The summed E-state index contributed by atoms with van der Waals surface area (Å²) < 4.78 is 12.4. The van der Waals surface area contributed by atoms with Gasteiger partial charge in [-0.05, 0) is 44.2 Å². The van der Waals surface area contributed by atoms with Crippen LogP contribution in [0, 0.1) is 0 Å². The SMILES string of the molecule is CCCCP(=O)(O)C1=CC[C@H](NC(=O)CCCCNC(=O)c2ccccc2NC)C1. The number of anilines is 1. The zero-order valence-electron chi connectivity index (χ0n) is 17.9. The Labute approximate surface area is 179 Å². The molecule has 0 spiro atoms. The molecule has 1 aliphatic rings. The second-order valence-corrected chi connectivity index (χ2v) is 10.1. The van der Waals surface area contributed by atoms with Crippen LogP contribution in [0.15, 0.2) is 35.7 Å². The summed E-state index contributed by atoms with van der Waals surface area (Å²) >= 11 is 0. The number of benzene rings is 1. The third-order valence-electron chi connectivity index (χ3n) is 5.28. The van der Waals surface area contributed by atoms with Gasteiger partial charge in [-0.2, -0.15) is 0 Å². The van der Waals surface area contributed by atoms with Crippen LogP contribution in [0.4, 0.5) is 5.69 Å². The molecule has 0 aliphatic heterocycles. The van der Waals surface area contributed by atoms with Crippen LogP contribution < -0.4 is 16.0 Å². The number of carbonyl (C=O) groups excluding carboxylic acids is 2. The first-order valence-electron chi connectivity index (χ1n) is 10.7. The molecule has 0 saturated carbocycles. The summed E-state index contributed by atoms with van der Waals surface area (Å²) in [7, 11) is -1.47. The quantitative estimate of drug-likeness (QED) is 0.295. The van der Waals surface area contributed by atoms with Crippen LogP contribution in [-0.4, -0.2) is 42.5 Å². The van der Waals surface area contributed by atoms with Crippen LogP contribution >= 0.6 is 7.37 Å². The summed E-state index contributed by atoms with van der Waals surface area (Å²) in [6.45, 7) is 2.50. The van der Waals surface area contributed by atoms with Crippen molar-refractivity contribution in [3.05, 3.63) is 41.2 Å². The van der Waals surface area contributed by atoms with Crippen molar-refractivity contribution < 1.29 is 19.0 Å². The highest BCUT2D eigenvalue weighted by Gasteiger charge is 2.30. The molecule has 0 aromatic heterocycles. The summed E-state index contributed by atoms with van der Waals surface area (Å²) in [5.41, 5.74) is 1.38. The lowest BCUT2D eigenvalue weighted by Crippen LogP contribution is -2.33. The highest BCUT2D eigenvalue weighted by Crippen LogP contribution is 2.54. The van der Waals surface area contributed by atoms with E-state index in [-0.39, 0.29) is 17.9 Å². The Kier molecular flexibility index (Phi) is 9.60. The van der Waals surface area contributed by atoms with Crippen LogP contribution in [0.5, 0.6) is 0 Å². The standard InChI is InChI=1S/C22H34N3O4P/c1-3-4-15-30(28,29)18-13-12-17(16-18)25-21(26)11-7-8-14-24-22(27)19-9-5-6-10-20(19)23-2/h5-6,9-10,13,17,23H,3-4,7-8,11-12,14-16H2,1-2H3,(H,24,27)(H,25,26)(H,28,29)/t17-/m0/s1. The number of nitrogens with one attached hydrogen (secondary N) is 3. The van der Waals surface area contributed by atoms with Crippen LogP contribution in [0.1, 0.15) is 62.2 Å². The molecule has 1 unspecified atom stereocenters. The van der Waals surface area contributed by atoms with E-state index in [2.05, 4.69) is 16.0 Å². The molecule has 1 aliphatic carbocycles. The molecular weight excluding hydrogens is 401 g/mol. The second kappa shape index (κ2) is 11.9. The van der Waals surface area contributed by atoms with Gasteiger partial charge in [-0.15, -0.1) is 0 Å². The minimum Gasteiger partial charge on any atom is -0.387 e. The molecule has 1 aromatic rings. The first-order valence-corrected chi connectivity index (χ1v) is 12.6. The third-order valence-corrected chi connectivity index (χ3v) is 7.46. The van der Waals surface area contributed by atoms with Crippen LogP contribution in [-0.2, 0) is 9.36 Å². The average molecular weight is 436 g/mol. The molecule has 0 bridgehead atoms. The van der Waals surface area contributed by atoms with Crippen molar-refractivity contribution in [1.29, 1.82) is 0 Å². The predicted molar refractivity (Wildman–Crippen MR) is 121 cm³/mol. The summed E-state index contributed by atoms with van der Waals surface area (Å²) in [5, 5.41) is 9.44. The van der Waals surface area contributed by atoms with E-state index in [4.69, 9.17) is 0 Å². The third kappa shape index (κ3) is 7.29. The van der Waals surface area contributed by atoms with E-state index in [1.807, 2.05) is 31.2 Å². The normalized spacial score (nSPS) is 17.7. The van der Waals surface area contributed by atoms with Crippen LogP contribution in [0.3, 0.4) is 0 Å². The van der Waals surface area contributed by atoms with Crippen LogP contribution in [0.25, 0.3) is 0 Å². The van der Waals surface area contributed by atoms with Crippen molar-refractivity contribution in [2.24, 2.45) is 0 Å². The number of rotatable bonds is 12. The lowest BCUT2D eigenvalue weighted by atomic mass is 10.1. The molecule has 0 radical (unpaired) electrons. The van der Waals surface area contributed by atoms with Crippen LogP contribution in [0.2, 0.25) is 0 Å². The number of unbranched alkanes of at least 4 members (excludes halogenated alkanes) is 2. The number of para-hydroxylation sites is 1. The van der Waals surface area contributed by atoms with E-state index in [1.165, 1.54) is 0 Å². The molecule has 0 saturated heterocycles. The maximum Gasteiger partial charge on any atom is 0.253 e. The van der Waals surface area contributed by atoms with Gasteiger partial charge in [0.1, 0.15) is 0 Å². The topological polar surface area (TPSA) is 108 Å². The van der Waals surface area contributed by atoms with Gasteiger partial charge < -0.3 is 20.8 Å². The fourth-order valence-corrected chi connectivity index (χ4v) is 5.44. The van der Waals surface area contributed by atoms with Crippen molar-refractivity contribution in [1.82, 2.24) is 10.6 Å². The van der Waals surface area contributed by atoms with Crippen molar-refractivity contribution >= 4 is 24.9 Å². The molecule has 7 nitrogen and oxygen atoms in total. The number of hydrogen-bond acceptors (Lipinski definition) is 4. The van der Waals surface area contributed by atoms with Gasteiger partial charge in [-0.1, -0.05) is 31.6 Å². The summed E-state index contributed by atoms with van der Waals surface area (Å²) in [4.78, 5) is 34.6. The molecule has 8 heteroatoms. The van der Waals surface area contributed by atoms with Gasteiger partial charge in [0.25, 0.3) is 5.91 Å². The molecule has 1 aromatic carbocycles. The molecule has 0 fully saturated rings. The Hall–Kier alpha value is -2.11. The van der Waals surface area contributed by atoms with E-state index >= 15 is 0 Å². The lowest BCUT2D eigenvalue weighted by molar-refractivity contribution is -0.121. The first kappa shape index (κ1) is 24.2. The Bertz CT molecular complexity index is 809. The van der Waals surface area contributed by atoms with Gasteiger partial charge >= 0.3 is 0 Å². The van der Waals surface area contributed by atoms with E-state index in [1.54, 1.807) is 13.1 Å². The molecule has 4 N–H and O–H groups in total. The highest BCUT2D eigenvalue weighted by molar-refractivity contribution is 7.62. The van der Waals surface area contributed by atoms with E-state index < -0.39 is 7.37 Å². The second-order valence-electron chi connectivity index (χ2n) is 7.69. The largest absolute Gasteiger partial charge is 0.387 e.